The summed E-state index contributed by atoms with van der Waals surface area (Å²) in [5.41, 5.74) is 1.80. The smallest absolute Gasteiger partial charge is 0.406 e. The van der Waals surface area contributed by atoms with E-state index in [1.54, 1.807) is 6.20 Å². The molecule has 1 aromatic rings. The number of carboxylic acid groups (broad SMARTS) is 1. The summed E-state index contributed by atoms with van der Waals surface area (Å²) in [6.07, 6.45) is 2.29. The monoisotopic (exact) mass is 255 g/mol. The summed E-state index contributed by atoms with van der Waals surface area (Å²) in [5.74, 6) is 0. The van der Waals surface area contributed by atoms with E-state index in [-0.39, 0.29) is 6.17 Å². The van der Waals surface area contributed by atoms with Crippen molar-refractivity contribution in [2.75, 3.05) is 11.4 Å². The van der Waals surface area contributed by atoms with Crippen molar-refractivity contribution in [1.29, 1.82) is 0 Å². The van der Waals surface area contributed by atoms with E-state index >= 15 is 0 Å². The average Bonchev–Trinajstić information content (AvgIpc) is 2.69. The maximum Gasteiger partial charge on any atom is 0.406 e. The lowest BCUT2D eigenvalue weighted by Crippen LogP contribution is -2.43. The van der Waals surface area contributed by atoms with Crippen LogP contribution in [0.1, 0.15) is 18.4 Å². The zero-order chi connectivity index (χ0) is 12.4. The molecular weight excluding hydrogens is 242 g/mol. The number of amides is 1. The number of halogens is 1. The largest absolute Gasteiger partial charge is 0.465 e. The average molecular weight is 256 g/mol. The molecule has 1 atom stereocenters. The number of pyridine rings is 1. The molecule has 2 N–H and O–H groups in total. The van der Waals surface area contributed by atoms with Gasteiger partial charge in [0.2, 0.25) is 0 Å². The van der Waals surface area contributed by atoms with Crippen molar-refractivity contribution >= 4 is 23.4 Å². The lowest BCUT2D eigenvalue weighted by molar-refractivity contribution is 0.190. The predicted octanol–water partition coefficient (Wildman–Crippen LogP) is 2.24. The second-order valence-electron chi connectivity index (χ2n) is 4.10. The molecule has 0 spiro atoms. The lowest BCUT2D eigenvalue weighted by Gasteiger charge is -2.26. The van der Waals surface area contributed by atoms with Gasteiger partial charge in [0.25, 0.3) is 0 Å². The summed E-state index contributed by atoms with van der Waals surface area (Å²) in [6.45, 7) is 2.71. The molecule has 2 rings (SSSR count). The maximum absolute atomic E-state index is 10.7. The first-order valence-electron chi connectivity index (χ1n) is 5.46. The third-order valence-corrected chi connectivity index (χ3v) is 3.27. The Morgan fingerprint density at radius 3 is 3.12 bits per heavy atom. The summed E-state index contributed by atoms with van der Waals surface area (Å²) in [6, 6.07) is 1.93. The van der Waals surface area contributed by atoms with E-state index in [9.17, 15) is 4.79 Å². The molecule has 1 aromatic heterocycles. The number of carbonyl (C=O) groups is 1. The highest BCUT2D eigenvalue weighted by molar-refractivity contribution is 6.30. The van der Waals surface area contributed by atoms with Gasteiger partial charge in [0, 0.05) is 6.54 Å². The Balaban J connectivity index is 2.20. The van der Waals surface area contributed by atoms with Gasteiger partial charge in [-0.2, -0.15) is 0 Å². The minimum Gasteiger partial charge on any atom is -0.465 e. The van der Waals surface area contributed by atoms with Gasteiger partial charge in [-0.1, -0.05) is 11.6 Å². The number of hydrogen-bond donors (Lipinski definition) is 2. The van der Waals surface area contributed by atoms with Crippen LogP contribution in [0.4, 0.5) is 10.5 Å². The number of nitrogens with zero attached hydrogens (tertiary/aromatic N) is 2. The van der Waals surface area contributed by atoms with Crippen LogP contribution in [0, 0.1) is 6.92 Å². The lowest BCUT2D eigenvalue weighted by atomic mass is 10.2. The van der Waals surface area contributed by atoms with E-state index < -0.39 is 6.09 Å². The number of aryl methyl sites for hydroxylation is 1. The maximum atomic E-state index is 10.7. The molecule has 1 aliphatic heterocycles. The van der Waals surface area contributed by atoms with Crippen LogP contribution in [0.25, 0.3) is 0 Å². The van der Waals surface area contributed by atoms with Crippen molar-refractivity contribution in [3.8, 4) is 0 Å². The zero-order valence-electron chi connectivity index (χ0n) is 9.48. The highest BCUT2D eigenvalue weighted by Gasteiger charge is 2.26. The van der Waals surface area contributed by atoms with Gasteiger partial charge in [-0.05, 0) is 31.4 Å². The third-order valence-electron chi connectivity index (χ3n) is 2.87. The van der Waals surface area contributed by atoms with Crippen LogP contribution in [0.3, 0.4) is 0 Å². The molecule has 1 amide bonds. The molecule has 17 heavy (non-hydrogen) atoms. The first-order chi connectivity index (χ1) is 8.08. The summed E-state index contributed by atoms with van der Waals surface area (Å²) in [7, 11) is 0. The van der Waals surface area contributed by atoms with E-state index in [1.165, 1.54) is 0 Å². The molecule has 1 saturated heterocycles. The highest BCUT2D eigenvalue weighted by atomic mass is 35.5. The fourth-order valence-electron chi connectivity index (χ4n) is 2.07. The molecule has 0 aliphatic carbocycles. The quantitative estimate of drug-likeness (QED) is 0.796. The molecule has 6 heteroatoms. The summed E-state index contributed by atoms with van der Waals surface area (Å²) in [5, 5.41) is 11.8. The Morgan fingerprint density at radius 2 is 2.47 bits per heavy atom. The molecule has 2 heterocycles. The molecule has 0 bridgehead atoms. The van der Waals surface area contributed by atoms with Gasteiger partial charge in [-0.15, -0.1) is 0 Å². The van der Waals surface area contributed by atoms with Gasteiger partial charge >= 0.3 is 6.09 Å². The normalized spacial score (nSPS) is 19.4. The van der Waals surface area contributed by atoms with Crippen LogP contribution in [-0.2, 0) is 0 Å². The van der Waals surface area contributed by atoms with Gasteiger partial charge < -0.3 is 15.3 Å². The Morgan fingerprint density at radius 1 is 1.71 bits per heavy atom. The summed E-state index contributed by atoms with van der Waals surface area (Å²) < 4.78 is 0. The van der Waals surface area contributed by atoms with E-state index in [0.717, 1.165) is 30.6 Å². The Labute approximate surface area is 104 Å². The molecule has 0 aromatic carbocycles. The van der Waals surface area contributed by atoms with Crippen LogP contribution < -0.4 is 10.2 Å². The van der Waals surface area contributed by atoms with Gasteiger partial charge in [0.1, 0.15) is 11.3 Å². The zero-order valence-corrected chi connectivity index (χ0v) is 10.2. The van der Waals surface area contributed by atoms with Crippen LogP contribution in [0.2, 0.25) is 5.15 Å². The standard InChI is InChI=1S/C11H14ClN3O2/c1-7-5-8(6-13-10(7)12)15-4-2-3-9(15)14-11(16)17/h5-6,9,14H,2-4H2,1H3,(H,16,17). The van der Waals surface area contributed by atoms with E-state index in [4.69, 9.17) is 16.7 Å². The van der Waals surface area contributed by atoms with E-state index in [1.807, 2.05) is 17.9 Å². The Hall–Kier alpha value is -1.49. The highest BCUT2D eigenvalue weighted by Crippen LogP contribution is 2.26. The molecule has 1 unspecified atom stereocenters. The number of rotatable bonds is 2. The number of nitrogens with one attached hydrogen (secondary N) is 1. The van der Waals surface area contributed by atoms with Crippen molar-refractivity contribution in [3.05, 3.63) is 23.0 Å². The van der Waals surface area contributed by atoms with Crippen molar-refractivity contribution in [2.24, 2.45) is 0 Å². The number of aromatic nitrogens is 1. The van der Waals surface area contributed by atoms with E-state index in [0.29, 0.717) is 5.15 Å². The molecule has 92 valence electrons. The molecule has 1 fully saturated rings. The second-order valence-corrected chi connectivity index (χ2v) is 4.46. The fraction of sp³-hybridized carbons (Fsp3) is 0.455. The molecule has 5 nitrogen and oxygen atoms in total. The Bertz CT molecular complexity index is 439. The first kappa shape index (κ1) is 12.0. The predicted molar refractivity (Wildman–Crippen MR) is 65.5 cm³/mol. The van der Waals surface area contributed by atoms with E-state index in [2.05, 4.69) is 10.3 Å². The van der Waals surface area contributed by atoms with Crippen molar-refractivity contribution in [3.63, 3.8) is 0 Å². The van der Waals surface area contributed by atoms with Gasteiger partial charge in [0.05, 0.1) is 11.9 Å². The van der Waals surface area contributed by atoms with Gasteiger partial charge in [-0.3, -0.25) is 0 Å². The van der Waals surface area contributed by atoms with Crippen LogP contribution in [-0.4, -0.2) is 28.9 Å². The van der Waals surface area contributed by atoms with Gasteiger partial charge in [-0.25, -0.2) is 9.78 Å². The summed E-state index contributed by atoms with van der Waals surface area (Å²) >= 11 is 5.87. The van der Waals surface area contributed by atoms with Gasteiger partial charge in [0.15, 0.2) is 0 Å². The minimum absolute atomic E-state index is 0.171. The van der Waals surface area contributed by atoms with Crippen molar-refractivity contribution < 1.29 is 9.90 Å². The molecule has 0 radical (unpaired) electrons. The van der Waals surface area contributed by atoms with Crippen LogP contribution in [0.15, 0.2) is 12.3 Å². The summed E-state index contributed by atoms with van der Waals surface area (Å²) in [4.78, 5) is 16.8. The van der Waals surface area contributed by atoms with Crippen molar-refractivity contribution in [1.82, 2.24) is 10.3 Å². The van der Waals surface area contributed by atoms with Crippen molar-refractivity contribution in [2.45, 2.75) is 25.9 Å². The van der Waals surface area contributed by atoms with Crippen LogP contribution >= 0.6 is 11.6 Å². The Kier molecular flexibility index (Phi) is 3.38. The minimum atomic E-state index is -0.999. The molecule has 1 aliphatic rings. The van der Waals surface area contributed by atoms with Crippen LogP contribution in [0.5, 0.6) is 0 Å². The first-order valence-corrected chi connectivity index (χ1v) is 5.84. The molecule has 0 saturated carbocycles. The third kappa shape index (κ3) is 2.61. The molecular formula is C11H14ClN3O2. The fourth-order valence-corrected chi connectivity index (χ4v) is 2.17. The topological polar surface area (TPSA) is 65.5 Å². The SMILES string of the molecule is Cc1cc(N2CCCC2NC(=O)O)cnc1Cl. The second kappa shape index (κ2) is 4.79. The number of anilines is 1. The number of hydrogen-bond acceptors (Lipinski definition) is 3.